The topological polar surface area (TPSA) is 83.4 Å². The van der Waals surface area contributed by atoms with Gasteiger partial charge in [-0.05, 0) is 24.1 Å². The number of ether oxygens (including phenoxy) is 2. The van der Waals surface area contributed by atoms with Crippen molar-refractivity contribution in [1.29, 1.82) is 0 Å². The zero-order valence-corrected chi connectivity index (χ0v) is 12.1. The third-order valence-corrected chi connectivity index (χ3v) is 3.09. The SMILES string of the molecule is COc1ccc(-c2noc([C@H](N)C(C)C)n2)cc1OC. The highest BCUT2D eigenvalue weighted by atomic mass is 16.5. The molecule has 1 atom stereocenters. The summed E-state index contributed by atoms with van der Waals surface area (Å²) < 4.78 is 15.7. The number of methoxy groups -OCH3 is 2. The molecule has 0 bridgehead atoms. The van der Waals surface area contributed by atoms with Crippen LogP contribution in [0.5, 0.6) is 11.5 Å². The van der Waals surface area contributed by atoms with E-state index in [1.807, 2.05) is 19.9 Å². The monoisotopic (exact) mass is 277 g/mol. The molecule has 0 amide bonds. The molecule has 6 heteroatoms. The van der Waals surface area contributed by atoms with E-state index in [-0.39, 0.29) is 12.0 Å². The lowest BCUT2D eigenvalue weighted by Crippen LogP contribution is -2.16. The molecule has 20 heavy (non-hydrogen) atoms. The van der Waals surface area contributed by atoms with Crippen molar-refractivity contribution < 1.29 is 14.0 Å². The van der Waals surface area contributed by atoms with E-state index in [2.05, 4.69) is 10.1 Å². The number of hydrogen-bond donors (Lipinski definition) is 1. The summed E-state index contributed by atoms with van der Waals surface area (Å²) >= 11 is 0. The van der Waals surface area contributed by atoms with Gasteiger partial charge in [0.1, 0.15) is 0 Å². The highest BCUT2D eigenvalue weighted by molar-refractivity contribution is 5.60. The molecule has 2 rings (SSSR count). The number of hydrogen-bond acceptors (Lipinski definition) is 6. The van der Waals surface area contributed by atoms with Gasteiger partial charge in [0.05, 0.1) is 20.3 Å². The molecule has 0 saturated carbocycles. The summed E-state index contributed by atoms with van der Waals surface area (Å²) in [7, 11) is 3.17. The van der Waals surface area contributed by atoms with Crippen molar-refractivity contribution in [2.45, 2.75) is 19.9 Å². The second kappa shape index (κ2) is 5.92. The first-order valence-electron chi connectivity index (χ1n) is 6.38. The molecule has 0 radical (unpaired) electrons. The van der Waals surface area contributed by atoms with Crippen molar-refractivity contribution in [2.75, 3.05) is 14.2 Å². The van der Waals surface area contributed by atoms with Crippen molar-refractivity contribution in [3.05, 3.63) is 24.1 Å². The molecule has 108 valence electrons. The van der Waals surface area contributed by atoms with Crippen LogP contribution in [0, 0.1) is 5.92 Å². The van der Waals surface area contributed by atoms with Gasteiger partial charge >= 0.3 is 0 Å². The van der Waals surface area contributed by atoms with E-state index in [9.17, 15) is 0 Å². The lowest BCUT2D eigenvalue weighted by atomic mass is 10.1. The number of nitrogens with two attached hydrogens (primary N) is 1. The van der Waals surface area contributed by atoms with Gasteiger partial charge in [-0.2, -0.15) is 4.98 Å². The van der Waals surface area contributed by atoms with Gasteiger partial charge in [-0.15, -0.1) is 0 Å². The van der Waals surface area contributed by atoms with Crippen LogP contribution < -0.4 is 15.2 Å². The predicted octanol–water partition coefficient (Wildman–Crippen LogP) is 2.41. The molecule has 1 aromatic carbocycles. The van der Waals surface area contributed by atoms with Crippen LogP contribution in [-0.2, 0) is 0 Å². The Kier molecular flexibility index (Phi) is 4.24. The molecule has 2 aromatic rings. The molecule has 0 spiro atoms. The quantitative estimate of drug-likeness (QED) is 0.903. The van der Waals surface area contributed by atoms with Crippen molar-refractivity contribution in [3.8, 4) is 22.9 Å². The van der Waals surface area contributed by atoms with Crippen LogP contribution in [0.4, 0.5) is 0 Å². The van der Waals surface area contributed by atoms with Gasteiger partial charge < -0.3 is 19.7 Å². The lowest BCUT2D eigenvalue weighted by molar-refractivity contribution is 0.325. The fraction of sp³-hybridized carbons (Fsp3) is 0.429. The van der Waals surface area contributed by atoms with Crippen LogP contribution in [-0.4, -0.2) is 24.4 Å². The molecule has 6 nitrogen and oxygen atoms in total. The first-order chi connectivity index (χ1) is 9.56. The summed E-state index contributed by atoms with van der Waals surface area (Å²) in [4.78, 5) is 4.33. The fourth-order valence-corrected chi connectivity index (χ4v) is 1.75. The standard InChI is InChI=1S/C14H19N3O3/c1-8(2)12(15)14-16-13(17-20-14)9-5-6-10(18-3)11(7-9)19-4/h5-8,12H,15H2,1-4H3/t12-/m1/s1. The summed E-state index contributed by atoms with van der Waals surface area (Å²) in [5, 5.41) is 3.96. The average molecular weight is 277 g/mol. The van der Waals surface area contributed by atoms with Gasteiger partial charge in [-0.1, -0.05) is 19.0 Å². The minimum Gasteiger partial charge on any atom is -0.493 e. The van der Waals surface area contributed by atoms with Crippen molar-refractivity contribution in [2.24, 2.45) is 11.7 Å². The minimum absolute atomic E-state index is 0.230. The lowest BCUT2D eigenvalue weighted by Gasteiger charge is -2.09. The first-order valence-corrected chi connectivity index (χ1v) is 6.38. The summed E-state index contributed by atoms with van der Waals surface area (Å²) in [6, 6.07) is 5.18. The fourth-order valence-electron chi connectivity index (χ4n) is 1.75. The molecule has 0 unspecified atom stereocenters. The van der Waals surface area contributed by atoms with Crippen molar-refractivity contribution in [3.63, 3.8) is 0 Å². The Morgan fingerprint density at radius 1 is 1.15 bits per heavy atom. The van der Waals surface area contributed by atoms with E-state index in [1.54, 1.807) is 26.4 Å². The van der Waals surface area contributed by atoms with E-state index in [0.29, 0.717) is 23.2 Å². The molecule has 1 heterocycles. The second-order valence-electron chi connectivity index (χ2n) is 4.80. The summed E-state index contributed by atoms with van der Waals surface area (Å²) in [5.41, 5.74) is 6.78. The average Bonchev–Trinajstić information content (AvgIpc) is 2.95. The predicted molar refractivity (Wildman–Crippen MR) is 74.6 cm³/mol. The smallest absolute Gasteiger partial charge is 0.244 e. The van der Waals surface area contributed by atoms with Crippen LogP contribution in [0.25, 0.3) is 11.4 Å². The molecule has 0 aliphatic carbocycles. The summed E-state index contributed by atoms with van der Waals surface area (Å²) in [5.74, 6) is 2.42. The van der Waals surface area contributed by atoms with Crippen LogP contribution in [0.1, 0.15) is 25.8 Å². The first kappa shape index (κ1) is 14.3. The zero-order valence-electron chi connectivity index (χ0n) is 12.1. The Bertz CT molecular complexity index is 581. The molecular formula is C14H19N3O3. The summed E-state index contributed by atoms with van der Waals surface area (Å²) in [6.45, 7) is 4.01. The van der Waals surface area contributed by atoms with E-state index < -0.39 is 0 Å². The Labute approximate surface area is 117 Å². The van der Waals surface area contributed by atoms with Gasteiger partial charge in [-0.25, -0.2) is 0 Å². The maximum Gasteiger partial charge on any atom is 0.244 e. The Morgan fingerprint density at radius 2 is 1.85 bits per heavy atom. The summed E-state index contributed by atoms with van der Waals surface area (Å²) in [6.07, 6.45) is 0. The van der Waals surface area contributed by atoms with Crippen LogP contribution in [0.15, 0.2) is 22.7 Å². The van der Waals surface area contributed by atoms with Gasteiger partial charge in [0.15, 0.2) is 11.5 Å². The van der Waals surface area contributed by atoms with E-state index in [0.717, 1.165) is 5.56 Å². The number of aromatic nitrogens is 2. The molecule has 0 aliphatic rings. The second-order valence-corrected chi connectivity index (χ2v) is 4.80. The highest BCUT2D eigenvalue weighted by Gasteiger charge is 2.19. The molecule has 0 fully saturated rings. The Balaban J connectivity index is 2.33. The van der Waals surface area contributed by atoms with Gasteiger partial charge in [0.25, 0.3) is 0 Å². The maximum absolute atomic E-state index is 5.99. The highest BCUT2D eigenvalue weighted by Crippen LogP contribution is 2.31. The molecule has 2 N–H and O–H groups in total. The Morgan fingerprint density at radius 3 is 2.45 bits per heavy atom. The molecule has 0 saturated heterocycles. The molecule has 1 aromatic heterocycles. The minimum atomic E-state index is -0.267. The van der Waals surface area contributed by atoms with Crippen molar-refractivity contribution >= 4 is 0 Å². The van der Waals surface area contributed by atoms with Crippen molar-refractivity contribution in [1.82, 2.24) is 10.1 Å². The third-order valence-electron chi connectivity index (χ3n) is 3.09. The van der Waals surface area contributed by atoms with E-state index in [1.165, 1.54) is 0 Å². The maximum atomic E-state index is 5.99. The number of nitrogens with zero attached hydrogens (tertiary/aromatic N) is 2. The van der Waals surface area contributed by atoms with E-state index in [4.69, 9.17) is 19.7 Å². The van der Waals surface area contributed by atoms with Gasteiger partial charge in [0.2, 0.25) is 11.7 Å². The largest absolute Gasteiger partial charge is 0.493 e. The number of benzene rings is 1. The van der Waals surface area contributed by atoms with Gasteiger partial charge in [0, 0.05) is 5.56 Å². The van der Waals surface area contributed by atoms with Gasteiger partial charge in [-0.3, -0.25) is 0 Å². The zero-order chi connectivity index (χ0) is 14.7. The Hall–Kier alpha value is -2.08. The van der Waals surface area contributed by atoms with Crippen LogP contribution in [0.2, 0.25) is 0 Å². The molecule has 0 aliphatic heterocycles. The third kappa shape index (κ3) is 2.75. The number of rotatable bonds is 5. The molecular weight excluding hydrogens is 258 g/mol. The van der Waals surface area contributed by atoms with E-state index >= 15 is 0 Å². The normalized spacial score (nSPS) is 12.5. The van der Waals surface area contributed by atoms with Crippen LogP contribution >= 0.6 is 0 Å². The van der Waals surface area contributed by atoms with Crippen LogP contribution in [0.3, 0.4) is 0 Å².